The van der Waals surface area contributed by atoms with Crippen LogP contribution >= 0.6 is 0 Å². The van der Waals surface area contributed by atoms with E-state index < -0.39 is 0 Å². The number of nitrogens with one attached hydrogen (secondary N) is 1. The second-order valence-electron chi connectivity index (χ2n) is 4.21. The summed E-state index contributed by atoms with van der Waals surface area (Å²) in [6.45, 7) is 4.09. The third kappa shape index (κ3) is 2.41. The summed E-state index contributed by atoms with van der Waals surface area (Å²) in [6.07, 6.45) is 2.89. The highest BCUT2D eigenvalue weighted by atomic mass is 15.3. The highest BCUT2D eigenvalue weighted by Crippen LogP contribution is 2.23. The highest BCUT2D eigenvalue weighted by Gasteiger charge is 2.06. The smallest absolute Gasteiger partial charge is 0.0856 e. The number of hydrogen-bond donors (Lipinski definition) is 2. The molecule has 0 unspecified atom stereocenters. The number of aromatic nitrogens is 2. The van der Waals surface area contributed by atoms with Crippen LogP contribution in [0.3, 0.4) is 0 Å². The monoisotopic (exact) mass is 230 g/mol. The Bertz CT molecular complexity index is 528. The maximum absolute atomic E-state index is 5.89. The fraction of sp³-hybridized carbons (Fsp3) is 0.308. The summed E-state index contributed by atoms with van der Waals surface area (Å²) in [5.74, 6) is 0. The van der Waals surface area contributed by atoms with E-state index in [0.29, 0.717) is 0 Å². The van der Waals surface area contributed by atoms with Crippen molar-refractivity contribution in [3.05, 3.63) is 35.7 Å². The second-order valence-corrected chi connectivity index (χ2v) is 4.21. The number of nitrogen functional groups attached to an aromatic ring is 1. The number of benzene rings is 1. The lowest BCUT2D eigenvalue weighted by Gasteiger charge is -2.07. The van der Waals surface area contributed by atoms with Gasteiger partial charge in [0, 0.05) is 24.6 Å². The van der Waals surface area contributed by atoms with Gasteiger partial charge in [0.25, 0.3) is 0 Å². The molecule has 3 N–H and O–H groups in total. The van der Waals surface area contributed by atoms with Crippen LogP contribution < -0.4 is 11.1 Å². The molecule has 1 aromatic heterocycles. The van der Waals surface area contributed by atoms with Gasteiger partial charge in [-0.2, -0.15) is 5.10 Å². The average molecular weight is 230 g/mol. The van der Waals surface area contributed by atoms with E-state index in [2.05, 4.69) is 17.3 Å². The van der Waals surface area contributed by atoms with Gasteiger partial charge in [-0.1, -0.05) is 13.0 Å². The second kappa shape index (κ2) is 4.49. The molecule has 0 aliphatic carbocycles. The van der Waals surface area contributed by atoms with Crippen LogP contribution in [0.1, 0.15) is 18.2 Å². The van der Waals surface area contributed by atoms with Crippen LogP contribution in [0.5, 0.6) is 0 Å². The third-order valence-corrected chi connectivity index (χ3v) is 2.80. The maximum atomic E-state index is 5.89. The number of anilines is 3. The van der Waals surface area contributed by atoms with Gasteiger partial charge in [0.05, 0.1) is 11.4 Å². The molecule has 17 heavy (non-hydrogen) atoms. The van der Waals surface area contributed by atoms with Crippen molar-refractivity contribution in [2.24, 2.45) is 7.05 Å². The standard InChI is InChI=1S/C13H18N4/c1-4-12-13(8-17(3)16-12)15-10-6-5-9(2)11(14)7-10/h5-8,15H,4,14H2,1-3H3. The zero-order valence-corrected chi connectivity index (χ0v) is 10.5. The molecule has 90 valence electrons. The lowest BCUT2D eigenvalue weighted by molar-refractivity contribution is 0.746. The van der Waals surface area contributed by atoms with Crippen LogP contribution in [0.4, 0.5) is 17.1 Å². The summed E-state index contributed by atoms with van der Waals surface area (Å²) < 4.78 is 1.82. The molecule has 4 heteroatoms. The molecular weight excluding hydrogens is 212 g/mol. The SMILES string of the molecule is CCc1nn(C)cc1Nc1ccc(C)c(N)c1. The molecule has 4 nitrogen and oxygen atoms in total. The molecule has 0 amide bonds. The van der Waals surface area contributed by atoms with Gasteiger partial charge in [0.15, 0.2) is 0 Å². The van der Waals surface area contributed by atoms with Crippen molar-refractivity contribution >= 4 is 17.1 Å². The van der Waals surface area contributed by atoms with Crippen molar-refractivity contribution in [1.29, 1.82) is 0 Å². The minimum atomic E-state index is 0.803. The molecule has 0 atom stereocenters. The molecule has 0 aliphatic rings. The first-order valence-electron chi connectivity index (χ1n) is 5.76. The van der Waals surface area contributed by atoms with Gasteiger partial charge in [-0.05, 0) is 31.0 Å². The van der Waals surface area contributed by atoms with Gasteiger partial charge in [-0.3, -0.25) is 4.68 Å². The number of nitrogens with zero attached hydrogens (tertiary/aromatic N) is 2. The van der Waals surface area contributed by atoms with Crippen LogP contribution in [0.25, 0.3) is 0 Å². The van der Waals surface area contributed by atoms with Crippen LogP contribution in [-0.2, 0) is 13.5 Å². The van der Waals surface area contributed by atoms with Gasteiger partial charge in [0.1, 0.15) is 0 Å². The third-order valence-electron chi connectivity index (χ3n) is 2.80. The number of hydrogen-bond acceptors (Lipinski definition) is 3. The first-order chi connectivity index (χ1) is 8.10. The van der Waals surface area contributed by atoms with Gasteiger partial charge in [-0.25, -0.2) is 0 Å². The topological polar surface area (TPSA) is 55.9 Å². The van der Waals surface area contributed by atoms with Crippen LogP contribution in [0, 0.1) is 6.92 Å². The molecule has 0 bridgehead atoms. The van der Waals surface area contributed by atoms with E-state index in [9.17, 15) is 0 Å². The summed E-state index contributed by atoms with van der Waals surface area (Å²) in [5.41, 5.74) is 10.9. The average Bonchev–Trinajstić information content (AvgIpc) is 2.64. The number of aryl methyl sites for hydroxylation is 3. The maximum Gasteiger partial charge on any atom is 0.0856 e. The summed E-state index contributed by atoms with van der Waals surface area (Å²) >= 11 is 0. The van der Waals surface area contributed by atoms with E-state index in [-0.39, 0.29) is 0 Å². The Labute approximate surface area is 101 Å². The van der Waals surface area contributed by atoms with E-state index >= 15 is 0 Å². The fourth-order valence-corrected chi connectivity index (χ4v) is 1.77. The molecule has 0 spiro atoms. The lowest BCUT2D eigenvalue weighted by Crippen LogP contribution is -1.95. The van der Waals surface area contributed by atoms with Gasteiger partial charge in [-0.15, -0.1) is 0 Å². The molecule has 0 fully saturated rings. The van der Waals surface area contributed by atoms with Gasteiger partial charge in [0.2, 0.25) is 0 Å². The normalized spacial score (nSPS) is 10.5. The molecular formula is C13H18N4. The first-order valence-corrected chi connectivity index (χ1v) is 5.76. The summed E-state index contributed by atoms with van der Waals surface area (Å²) in [6, 6.07) is 5.99. The minimum Gasteiger partial charge on any atom is -0.398 e. The largest absolute Gasteiger partial charge is 0.398 e. The molecule has 1 heterocycles. The fourth-order valence-electron chi connectivity index (χ4n) is 1.77. The van der Waals surface area contributed by atoms with Gasteiger partial charge >= 0.3 is 0 Å². The zero-order valence-electron chi connectivity index (χ0n) is 10.5. The Balaban J connectivity index is 2.27. The van der Waals surface area contributed by atoms with Crippen molar-refractivity contribution in [3.63, 3.8) is 0 Å². The van der Waals surface area contributed by atoms with Crippen molar-refractivity contribution in [3.8, 4) is 0 Å². The zero-order chi connectivity index (χ0) is 12.4. The first kappa shape index (κ1) is 11.5. The summed E-state index contributed by atoms with van der Waals surface area (Å²) in [4.78, 5) is 0. The van der Waals surface area contributed by atoms with E-state index in [1.54, 1.807) is 0 Å². The Morgan fingerprint density at radius 2 is 2.18 bits per heavy atom. The molecule has 0 radical (unpaired) electrons. The quantitative estimate of drug-likeness (QED) is 0.797. The van der Waals surface area contributed by atoms with Crippen LogP contribution in [0.2, 0.25) is 0 Å². The van der Waals surface area contributed by atoms with Crippen molar-refractivity contribution in [1.82, 2.24) is 9.78 Å². The number of rotatable bonds is 3. The highest BCUT2D eigenvalue weighted by molar-refractivity contribution is 5.66. The molecule has 1 aromatic carbocycles. The molecule has 0 saturated heterocycles. The van der Waals surface area contributed by atoms with E-state index in [1.165, 1.54) is 0 Å². The summed E-state index contributed by atoms with van der Waals surface area (Å²) in [7, 11) is 1.92. The van der Waals surface area contributed by atoms with E-state index in [1.807, 2.05) is 43.0 Å². The molecule has 0 saturated carbocycles. The van der Waals surface area contributed by atoms with Crippen LogP contribution in [-0.4, -0.2) is 9.78 Å². The lowest BCUT2D eigenvalue weighted by atomic mass is 10.2. The predicted octanol–water partition coefficient (Wildman–Crippen LogP) is 2.62. The summed E-state index contributed by atoms with van der Waals surface area (Å²) in [5, 5.41) is 7.74. The Morgan fingerprint density at radius 1 is 1.41 bits per heavy atom. The Morgan fingerprint density at radius 3 is 2.82 bits per heavy atom. The van der Waals surface area contributed by atoms with Crippen molar-refractivity contribution < 1.29 is 0 Å². The number of nitrogens with two attached hydrogens (primary N) is 1. The Kier molecular flexibility index (Phi) is 3.04. The van der Waals surface area contributed by atoms with E-state index in [4.69, 9.17) is 5.73 Å². The molecule has 2 aromatic rings. The van der Waals surface area contributed by atoms with E-state index in [0.717, 1.165) is 34.7 Å². The Hall–Kier alpha value is -1.97. The van der Waals surface area contributed by atoms with Gasteiger partial charge < -0.3 is 11.1 Å². The van der Waals surface area contributed by atoms with Crippen molar-refractivity contribution in [2.75, 3.05) is 11.1 Å². The molecule has 2 rings (SSSR count). The minimum absolute atomic E-state index is 0.803. The molecule has 0 aliphatic heterocycles. The van der Waals surface area contributed by atoms with Crippen molar-refractivity contribution in [2.45, 2.75) is 20.3 Å². The van der Waals surface area contributed by atoms with Crippen LogP contribution in [0.15, 0.2) is 24.4 Å². The predicted molar refractivity (Wildman–Crippen MR) is 71.5 cm³/mol.